The van der Waals surface area contributed by atoms with E-state index < -0.39 is 6.10 Å². The van der Waals surface area contributed by atoms with Crippen LogP contribution in [-0.4, -0.2) is 56.6 Å². The van der Waals surface area contributed by atoms with E-state index in [0.717, 1.165) is 5.56 Å². The van der Waals surface area contributed by atoms with E-state index >= 15 is 0 Å². The summed E-state index contributed by atoms with van der Waals surface area (Å²) in [6, 6.07) is 6.60. The zero-order valence-electron chi connectivity index (χ0n) is 15.9. The zero-order chi connectivity index (χ0) is 20.4. The van der Waals surface area contributed by atoms with Crippen LogP contribution in [0.3, 0.4) is 0 Å². The van der Waals surface area contributed by atoms with Crippen molar-refractivity contribution in [3.63, 3.8) is 0 Å². The van der Waals surface area contributed by atoms with Crippen molar-refractivity contribution >= 4 is 11.7 Å². The number of carbonyl (C=O) groups is 1. The van der Waals surface area contributed by atoms with Crippen molar-refractivity contribution in [2.45, 2.75) is 12.6 Å². The van der Waals surface area contributed by atoms with Gasteiger partial charge in [-0.3, -0.25) is 0 Å². The minimum atomic E-state index is -0.887. The number of carbonyl (C=O) groups excluding carboxylic acids is 1. The van der Waals surface area contributed by atoms with E-state index in [0.29, 0.717) is 28.6 Å². The fourth-order valence-electron chi connectivity index (χ4n) is 3.36. The highest BCUT2D eigenvalue weighted by molar-refractivity contribution is 5.89. The molecular weight excluding hydrogens is 376 g/mol. The first-order valence-electron chi connectivity index (χ1n) is 8.89. The number of aliphatic hydroxyl groups is 1. The molecule has 0 radical (unpaired) electrons. The number of hydrogen-bond donors (Lipinski definition) is 2. The first kappa shape index (κ1) is 18.7. The predicted molar refractivity (Wildman–Crippen MR) is 103 cm³/mol. The van der Waals surface area contributed by atoms with E-state index in [4.69, 9.17) is 9.47 Å². The molecule has 0 fully saturated rings. The summed E-state index contributed by atoms with van der Waals surface area (Å²) in [5.41, 5.74) is 1.90. The maximum Gasteiger partial charge on any atom is 0.322 e. The summed E-state index contributed by atoms with van der Waals surface area (Å²) in [4.78, 5) is 22.4. The number of hydrogen-bond acceptors (Lipinski definition) is 7. The number of β-amino-alcohol motifs (C(OH)–C–C–N with tert-alkyl or cyclic N) is 1. The molecule has 3 heterocycles. The number of aliphatic hydroxyl groups excluding tert-OH is 1. The Hall–Kier alpha value is -3.66. The molecule has 0 bridgehead atoms. The van der Waals surface area contributed by atoms with Gasteiger partial charge in [-0.05, 0) is 24.3 Å². The minimum absolute atomic E-state index is 0.132. The molecule has 10 heteroatoms. The average Bonchev–Trinajstić information content (AvgIpc) is 3.28. The summed E-state index contributed by atoms with van der Waals surface area (Å²) in [5, 5.41) is 17.4. The molecule has 10 nitrogen and oxygen atoms in total. The van der Waals surface area contributed by atoms with Gasteiger partial charge in [-0.2, -0.15) is 5.10 Å². The number of nitrogens with zero attached hydrogens (tertiary/aromatic N) is 5. The van der Waals surface area contributed by atoms with Gasteiger partial charge in [0.2, 0.25) is 0 Å². The van der Waals surface area contributed by atoms with Crippen molar-refractivity contribution in [1.29, 1.82) is 0 Å². The lowest BCUT2D eigenvalue weighted by Gasteiger charge is -2.33. The Balaban J connectivity index is 1.52. The normalized spacial score (nSPS) is 15.6. The van der Waals surface area contributed by atoms with Gasteiger partial charge in [0.15, 0.2) is 5.82 Å². The Kier molecular flexibility index (Phi) is 5.00. The number of anilines is 1. The van der Waals surface area contributed by atoms with Gasteiger partial charge in [0.1, 0.15) is 30.3 Å². The predicted octanol–water partition coefficient (Wildman–Crippen LogP) is 1.76. The first-order chi connectivity index (χ1) is 14.1. The molecular formula is C19H20N6O4. The smallest absolute Gasteiger partial charge is 0.322 e. The molecule has 0 saturated carbocycles. The van der Waals surface area contributed by atoms with Crippen LogP contribution >= 0.6 is 0 Å². The molecule has 29 heavy (non-hydrogen) atoms. The molecule has 2 aromatic heterocycles. The summed E-state index contributed by atoms with van der Waals surface area (Å²) in [6.45, 7) is 0.413. The topological polar surface area (TPSA) is 115 Å². The van der Waals surface area contributed by atoms with E-state index in [1.54, 1.807) is 38.5 Å². The van der Waals surface area contributed by atoms with Crippen LogP contribution in [0, 0.1) is 0 Å². The lowest BCUT2D eigenvalue weighted by Crippen LogP contribution is -2.41. The molecule has 1 unspecified atom stereocenters. The van der Waals surface area contributed by atoms with Crippen LogP contribution in [0.15, 0.2) is 43.1 Å². The summed E-state index contributed by atoms with van der Waals surface area (Å²) >= 11 is 0. The number of fused-ring (bicyclic) bond motifs is 1. The molecule has 1 aliphatic rings. The van der Waals surface area contributed by atoms with Crippen LogP contribution in [0.4, 0.5) is 10.5 Å². The van der Waals surface area contributed by atoms with E-state index in [9.17, 15) is 9.90 Å². The number of ether oxygens (including phenoxy) is 2. The summed E-state index contributed by atoms with van der Waals surface area (Å²) in [5.74, 6) is 1.75. The highest BCUT2D eigenvalue weighted by Crippen LogP contribution is 2.39. The number of methoxy groups -OCH3 is 2. The Bertz CT molecular complexity index is 1010. The van der Waals surface area contributed by atoms with E-state index in [-0.39, 0.29) is 19.1 Å². The lowest BCUT2D eigenvalue weighted by molar-refractivity contribution is 0.105. The zero-order valence-corrected chi connectivity index (χ0v) is 15.9. The largest absolute Gasteiger partial charge is 0.496 e. The van der Waals surface area contributed by atoms with E-state index in [2.05, 4.69) is 20.4 Å². The van der Waals surface area contributed by atoms with Crippen LogP contribution < -0.4 is 14.8 Å². The number of pyridine rings is 1. The maximum absolute atomic E-state index is 12.8. The Morgan fingerprint density at radius 1 is 1.21 bits per heavy atom. The number of urea groups is 1. The third kappa shape index (κ3) is 3.57. The standard InChI is InChI=1S/C19H20N6O4/c1-28-15-4-5-16(29-2)18-13(15)8-24(9-14(18)26)19(27)23-12-3-6-17(21-7-12)25-11-20-10-22-25/h3-7,10-11,14,26H,8-9H2,1-2H3,(H,23,27). The lowest BCUT2D eigenvalue weighted by atomic mass is 9.95. The van der Waals surface area contributed by atoms with Gasteiger partial charge in [0.25, 0.3) is 0 Å². The van der Waals surface area contributed by atoms with Crippen LogP contribution in [0.1, 0.15) is 17.2 Å². The molecule has 1 aromatic carbocycles. The van der Waals surface area contributed by atoms with Gasteiger partial charge in [-0.25, -0.2) is 19.4 Å². The number of rotatable bonds is 4. The van der Waals surface area contributed by atoms with E-state index in [1.165, 1.54) is 28.4 Å². The fraction of sp³-hybridized carbons (Fsp3) is 0.263. The highest BCUT2D eigenvalue weighted by Gasteiger charge is 2.32. The van der Waals surface area contributed by atoms with Crippen molar-refractivity contribution in [2.24, 2.45) is 0 Å². The number of aromatic nitrogens is 4. The average molecular weight is 396 g/mol. The first-order valence-corrected chi connectivity index (χ1v) is 8.89. The van der Waals surface area contributed by atoms with Crippen LogP contribution in [0.25, 0.3) is 5.82 Å². The van der Waals surface area contributed by atoms with Gasteiger partial charge in [-0.1, -0.05) is 0 Å². The van der Waals surface area contributed by atoms with Crippen molar-refractivity contribution in [1.82, 2.24) is 24.6 Å². The van der Waals surface area contributed by atoms with Crippen LogP contribution in [0.2, 0.25) is 0 Å². The Morgan fingerprint density at radius 2 is 2.00 bits per heavy atom. The van der Waals surface area contributed by atoms with Gasteiger partial charge < -0.3 is 24.8 Å². The van der Waals surface area contributed by atoms with Crippen molar-refractivity contribution in [3.8, 4) is 17.3 Å². The van der Waals surface area contributed by atoms with Gasteiger partial charge in [-0.15, -0.1) is 0 Å². The summed E-state index contributed by atoms with van der Waals surface area (Å²) in [7, 11) is 3.10. The maximum atomic E-state index is 12.8. The SMILES string of the molecule is COc1ccc(OC)c2c1CN(C(=O)Nc1ccc(-n3cncn3)nc1)CC2O. The van der Waals surface area contributed by atoms with E-state index in [1.807, 2.05) is 0 Å². The fourth-order valence-corrected chi connectivity index (χ4v) is 3.36. The van der Waals surface area contributed by atoms with Crippen molar-refractivity contribution < 1.29 is 19.4 Å². The second-order valence-electron chi connectivity index (χ2n) is 6.43. The van der Waals surface area contributed by atoms with Crippen molar-refractivity contribution in [3.05, 3.63) is 54.2 Å². The Morgan fingerprint density at radius 3 is 2.66 bits per heavy atom. The quantitative estimate of drug-likeness (QED) is 0.690. The third-order valence-electron chi connectivity index (χ3n) is 4.73. The number of amides is 2. The molecule has 2 N–H and O–H groups in total. The molecule has 3 aromatic rings. The molecule has 0 spiro atoms. The summed E-state index contributed by atoms with van der Waals surface area (Å²) in [6.07, 6.45) is 3.60. The molecule has 0 aliphatic carbocycles. The van der Waals surface area contributed by atoms with Gasteiger partial charge in [0, 0.05) is 11.1 Å². The second-order valence-corrected chi connectivity index (χ2v) is 6.43. The molecule has 150 valence electrons. The minimum Gasteiger partial charge on any atom is -0.496 e. The van der Waals surface area contributed by atoms with Crippen LogP contribution in [-0.2, 0) is 6.54 Å². The second kappa shape index (κ2) is 7.76. The van der Waals surface area contributed by atoms with Gasteiger partial charge in [0.05, 0.1) is 39.2 Å². The molecule has 1 aliphatic heterocycles. The summed E-state index contributed by atoms with van der Waals surface area (Å²) < 4.78 is 12.3. The highest BCUT2D eigenvalue weighted by atomic mass is 16.5. The third-order valence-corrected chi connectivity index (χ3v) is 4.73. The Labute approximate surface area is 166 Å². The monoisotopic (exact) mass is 396 g/mol. The molecule has 4 rings (SSSR count). The molecule has 0 saturated heterocycles. The van der Waals surface area contributed by atoms with Crippen LogP contribution in [0.5, 0.6) is 11.5 Å². The number of benzene rings is 1. The number of nitrogens with one attached hydrogen (secondary N) is 1. The molecule has 2 amide bonds. The molecule has 1 atom stereocenters. The van der Waals surface area contributed by atoms with Gasteiger partial charge >= 0.3 is 6.03 Å². The van der Waals surface area contributed by atoms with Crippen molar-refractivity contribution in [2.75, 3.05) is 26.1 Å².